The van der Waals surface area contributed by atoms with Crippen molar-refractivity contribution in [3.8, 4) is 0 Å². The molecule has 0 amide bonds. The summed E-state index contributed by atoms with van der Waals surface area (Å²) in [6.07, 6.45) is 4.04. The summed E-state index contributed by atoms with van der Waals surface area (Å²) in [6, 6.07) is 42.3. The van der Waals surface area contributed by atoms with Gasteiger partial charge >= 0.3 is 0 Å². The van der Waals surface area contributed by atoms with Crippen molar-refractivity contribution in [2.45, 2.75) is 12.1 Å². The van der Waals surface area contributed by atoms with Crippen molar-refractivity contribution in [3.63, 3.8) is 0 Å². The summed E-state index contributed by atoms with van der Waals surface area (Å²) in [7, 11) is 0. The van der Waals surface area contributed by atoms with E-state index in [9.17, 15) is 0 Å². The zero-order valence-corrected chi connectivity index (χ0v) is 17.8. The van der Waals surface area contributed by atoms with Gasteiger partial charge in [-0.1, -0.05) is 121 Å². The van der Waals surface area contributed by atoms with Gasteiger partial charge in [0.25, 0.3) is 0 Å². The minimum Gasteiger partial charge on any atom is -0.365 e. The minimum absolute atomic E-state index is 0.538. The van der Waals surface area contributed by atoms with Crippen molar-refractivity contribution < 1.29 is 0 Å². The number of nitrogens with zero attached hydrogens (tertiary/aromatic N) is 2. The Balaban J connectivity index is 1.65. The molecule has 32 heavy (non-hydrogen) atoms. The first-order chi connectivity index (χ1) is 15.9. The molecule has 5 aromatic rings. The van der Waals surface area contributed by atoms with E-state index >= 15 is 0 Å². The quantitative estimate of drug-likeness (QED) is 0.315. The summed E-state index contributed by atoms with van der Waals surface area (Å²) in [6.45, 7) is 0.729. The van der Waals surface area contributed by atoms with Crippen LogP contribution in [0, 0.1) is 0 Å². The van der Waals surface area contributed by atoms with Crippen LogP contribution in [0.5, 0.6) is 0 Å². The molecule has 0 atom stereocenters. The molecular formula is C29H25N3. The molecule has 0 unspecified atom stereocenters. The predicted molar refractivity (Wildman–Crippen MR) is 131 cm³/mol. The van der Waals surface area contributed by atoms with Crippen molar-refractivity contribution in [2.75, 3.05) is 5.32 Å². The first-order valence-corrected chi connectivity index (χ1v) is 10.9. The predicted octanol–water partition coefficient (Wildman–Crippen LogP) is 6.34. The largest absolute Gasteiger partial charge is 0.365 e. The summed E-state index contributed by atoms with van der Waals surface area (Å²) >= 11 is 0. The molecule has 1 N–H and O–H groups in total. The Labute approximate surface area is 189 Å². The van der Waals surface area contributed by atoms with Crippen molar-refractivity contribution in [3.05, 3.63) is 156 Å². The second kappa shape index (κ2) is 8.94. The smallest absolute Gasteiger partial charge is 0.144 e. The molecule has 0 spiro atoms. The van der Waals surface area contributed by atoms with E-state index in [2.05, 4.69) is 131 Å². The molecule has 5 rings (SSSR count). The van der Waals surface area contributed by atoms with Gasteiger partial charge < -0.3 is 9.88 Å². The Morgan fingerprint density at radius 2 is 1.03 bits per heavy atom. The molecule has 0 fully saturated rings. The highest BCUT2D eigenvalue weighted by atomic mass is 15.2. The van der Waals surface area contributed by atoms with Crippen molar-refractivity contribution in [1.29, 1.82) is 0 Å². The Bertz CT molecular complexity index is 1150. The number of hydrogen-bond acceptors (Lipinski definition) is 2. The Kier molecular flexibility index (Phi) is 5.54. The van der Waals surface area contributed by atoms with Crippen LogP contribution >= 0.6 is 0 Å². The van der Waals surface area contributed by atoms with E-state index in [4.69, 9.17) is 4.98 Å². The van der Waals surface area contributed by atoms with Crippen molar-refractivity contribution in [1.82, 2.24) is 9.55 Å². The van der Waals surface area contributed by atoms with E-state index < -0.39 is 5.54 Å². The van der Waals surface area contributed by atoms with Crippen LogP contribution in [0.15, 0.2) is 134 Å². The molecule has 3 nitrogen and oxygen atoms in total. The van der Waals surface area contributed by atoms with Gasteiger partial charge in [-0.3, -0.25) is 0 Å². The number of rotatable bonds is 7. The molecule has 4 aromatic carbocycles. The van der Waals surface area contributed by atoms with Gasteiger partial charge in [-0.25, -0.2) is 4.98 Å². The molecule has 1 aromatic heterocycles. The fourth-order valence-electron chi connectivity index (χ4n) is 4.37. The summed E-state index contributed by atoms with van der Waals surface area (Å²) in [5, 5.41) is 3.48. The van der Waals surface area contributed by atoms with Gasteiger partial charge in [0.05, 0.1) is 6.33 Å². The van der Waals surface area contributed by atoms with Crippen LogP contribution in [0.1, 0.15) is 22.3 Å². The number of imidazole rings is 1. The highest BCUT2D eigenvalue weighted by Crippen LogP contribution is 2.41. The topological polar surface area (TPSA) is 29.9 Å². The number of benzene rings is 4. The van der Waals surface area contributed by atoms with Crippen molar-refractivity contribution in [2.24, 2.45) is 0 Å². The third kappa shape index (κ3) is 3.69. The number of hydrogen-bond donors (Lipinski definition) is 1. The lowest BCUT2D eigenvalue weighted by molar-refractivity contribution is 0.515. The Morgan fingerprint density at radius 1 is 0.594 bits per heavy atom. The van der Waals surface area contributed by atoms with Crippen LogP contribution in [0.3, 0.4) is 0 Å². The zero-order valence-electron chi connectivity index (χ0n) is 17.8. The van der Waals surface area contributed by atoms with Crippen LogP contribution in [-0.4, -0.2) is 9.55 Å². The van der Waals surface area contributed by atoms with Gasteiger partial charge in [0.2, 0.25) is 0 Å². The zero-order chi connectivity index (χ0) is 21.6. The average Bonchev–Trinajstić information content (AvgIpc) is 3.35. The van der Waals surface area contributed by atoms with Crippen LogP contribution in [0.4, 0.5) is 5.82 Å². The van der Waals surface area contributed by atoms with E-state index in [-0.39, 0.29) is 0 Å². The summed E-state index contributed by atoms with van der Waals surface area (Å²) < 4.78 is 2.22. The molecule has 0 saturated heterocycles. The lowest BCUT2D eigenvalue weighted by Crippen LogP contribution is -2.36. The third-order valence-electron chi connectivity index (χ3n) is 5.86. The Hall–Kier alpha value is -4.11. The molecule has 0 aliphatic carbocycles. The van der Waals surface area contributed by atoms with Crippen LogP contribution in [0.25, 0.3) is 0 Å². The second-order valence-corrected chi connectivity index (χ2v) is 7.81. The van der Waals surface area contributed by atoms with E-state index in [0.29, 0.717) is 0 Å². The van der Waals surface area contributed by atoms with Crippen LogP contribution in [0.2, 0.25) is 0 Å². The molecule has 0 aliphatic heterocycles. The molecule has 0 radical (unpaired) electrons. The maximum absolute atomic E-state index is 4.73. The Morgan fingerprint density at radius 3 is 1.50 bits per heavy atom. The molecule has 156 valence electrons. The lowest BCUT2D eigenvalue weighted by Gasteiger charge is -2.37. The van der Waals surface area contributed by atoms with E-state index in [1.807, 2.05) is 12.4 Å². The van der Waals surface area contributed by atoms with Crippen molar-refractivity contribution >= 4 is 5.82 Å². The lowest BCUT2D eigenvalue weighted by atomic mass is 9.77. The monoisotopic (exact) mass is 415 g/mol. The molecule has 0 saturated carbocycles. The first-order valence-electron chi connectivity index (χ1n) is 10.9. The second-order valence-electron chi connectivity index (χ2n) is 7.81. The fourth-order valence-corrected chi connectivity index (χ4v) is 4.37. The maximum atomic E-state index is 4.73. The summed E-state index contributed by atoms with van der Waals surface area (Å²) in [5.41, 5.74) is 4.24. The SMILES string of the molecule is c1ccc(CNc2cn(C(c3ccccc3)(c3ccccc3)c3ccccc3)cn2)cc1. The van der Waals surface area contributed by atoms with Crippen LogP contribution in [-0.2, 0) is 12.1 Å². The molecule has 3 heteroatoms. The molecule has 1 heterocycles. The first kappa shape index (κ1) is 19.8. The summed E-state index contributed by atoms with van der Waals surface area (Å²) in [4.78, 5) is 4.73. The maximum Gasteiger partial charge on any atom is 0.144 e. The average molecular weight is 416 g/mol. The van der Waals surface area contributed by atoms with Gasteiger partial charge in [-0.15, -0.1) is 0 Å². The standard InChI is InChI=1S/C29H25N3/c1-5-13-24(14-6-1)21-30-28-22-32(23-31-28)29(25-15-7-2-8-16-25,26-17-9-3-10-18-26)27-19-11-4-12-20-27/h1-20,22-23,30H,21H2. The highest BCUT2D eigenvalue weighted by Gasteiger charge is 2.38. The van der Waals surface area contributed by atoms with E-state index in [1.54, 1.807) is 0 Å². The molecular weight excluding hydrogens is 390 g/mol. The number of nitrogens with one attached hydrogen (secondary N) is 1. The molecule has 0 aliphatic rings. The van der Waals surface area contributed by atoms with Gasteiger partial charge in [0, 0.05) is 12.7 Å². The van der Waals surface area contributed by atoms with Gasteiger partial charge in [-0.2, -0.15) is 0 Å². The number of anilines is 1. The third-order valence-corrected chi connectivity index (χ3v) is 5.86. The highest BCUT2D eigenvalue weighted by molar-refractivity contribution is 5.51. The van der Waals surface area contributed by atoms with Gasteiger partial charge in [0.15, 0.2) is 0 Å². The molecule has 0 bridgehead atoms. The number of aromatic nitrogens is 2. The fraction of sp³-hybridized carbons (Fsp3) is 0.0690. The van der Waals surface area contributed by atoms with E-state index in [0.717, 1.165) is 12.4 Å². The normalized spacial score (nSPS) is 11.2. The minimum atomic E-state index is -0.538. The summed E-state index contributed by atoms with van der Waals surface area (Å²) in [5.74, 6) is 0.848. The van der Waals surface area contributed by atoms with Gasteiger partial charge in [0.1, 0.15) is 11.4 Å². The van der Waals surface area contributed by atoms with Gasteiger partial charge in [-0.05, 0) is 22.3 Å². The van der Waals surface area contributed by atoms with E-state index in [1.165, 1.54) is 22.3 Å². The van der Waals surface area contributed by atoms with Crippen LogP contribution < -0.4 is 5.32 Å².